The fourth-order valence-corrected chi connectivity index (χ4v) is 4.56. The van der Waals surface area contributed by atoms with Crippen molar-refractivity contribution >= 4 is 28.7 Å². The van der Waals surface area contributed by atoms with Crippen LogP contribution in [0.3, 0.4) is 0 Å². The first-order valence-corrected chi connectivity index (χ1v) is 11.0. The summed E-state index contributed by atoms with van der Waals surface area (Å²) < 4.78 is 21.7. The molecule has 9 nitrogen and oxygen atoms in total. The second kappa shape index (κ2) is 8.53. The van der Waals surface area contributed by atoms with E-state index < -0.39 is 35.0 Å². The molecule has 1 atom stereocenters. The second-order valence-corrected chi connectivity index (χ2v) is 8.48. The molecular formula is C27H20O9. The molecule has 0 saturated carbocycles. The molecule has 5 rings (SSSR count). The van der Waals surface area contributed by atoms with Gasteiger partial charge < -0.3 is 23.4 Å². The highest BCUT2D eigenvalue weighted by Crippen LogP contribution is 2.50. The predicted octanol–water partition coefficient (Wildman–Crippen LogP) is 4.50. The minimum Gasteiger partial charge on any atom is -0.506 e. The van der Waals surface area contributed by atoms with Crippen LogP contribution in [0.2, 0.25) is 0 Å². The number of methoxy groups -OCH3 is 1. The number of ether oxygens (including phenoxy) is 2. The molecule has 3 heterocycles. The molecule has 0 aliphatic carbocycles. The van der Waals surface area contributed by atoms with E-state index in [0.717, 1.165) is 0 Å². The van der Waals surface area contributed by atoms with Crippen LogP contribution in [0.1, 0.15) is 56.9 Å². The van der Waals surface area contributed by atoms with E-state index >= 15 is 0 Å². The van der Waals surface area contributed by atoms with Gasteiger partial charge >= 0.3 is 17.6 Å². The number of hydrogen-bond donors (Lipinski definition) is 1. The number of phenols is 1. The van der Waals surface area contributed by atoms with Gasteiger partial charge in [-0.3, -0.25) is 9.59 Å². The SMILES string of the molecule is COC(=O)c1ccc(-c2ccc([C@@H]3CC(=O)Oc4c(C(C)=O)c(O)c5c(C)cc(=O)oc5c43)o2)cc1. The fraction of sp³-hybridized carbons (Fsp3) is 0.185. The first kappa shape index (κ1) is 23.1. The van der Waals surface area contributed by atoms with Gasteiger partial charge in [0.25, 0.3) is 0 Å². The number of carbonyl (C=O) groups is 3. The molecule has 0 fully saturated rings. The van der Waals surface area contributed by atoms with Crippen LogP contribution in [0.15, 0.2) is 56.1 Å². The zero-order valence-electron chi connectivity index (χ0n) is 19.5. The third-order valence-corrected chi connectivity index (χ3v) is 6.20. The monoisotopic (exact) mass is 488 g/mol. The van der Waals surface area contributed by atoms with E-state index in [2.05, 4.69) is 0 Å². The molecule has 1 aliphatic rings. The summed E-state index contributed by atoms with van der Waals surface area (Å²) in [6.07, 6.45) is -0.143. The summed E-state index contributed by atoms with van der Waals surface area (Å²) in [5, 5.41) is 11.1. The molecule has 0 spiro atoms. The average Bonchev–Trinajstić information content (AvgIpc) is 3.32. The molecule has 0 unspecified atom stereocenters. The van der Waals surface area contributed by atoms with E-state index in [1.807, 2.05) is 0 Å². The van der Waals surface area contributed by atoms with Crippen molar-refractivity contribution in [2.24, 2.45) is 0 Å². The van der Waals surface area contributed by atoms with Gasteiger partial charge in [0, 0.05) is 11.6 Å². The number of aromatic hydroxyl groups is 1. The Morgan fingerprint density at radius 2 is 1.78 bits per heavy atom. The minimum absolute atomic E-state index is 0.0235. The Balaban J connectivity index is 1.70. The van der Waals surface area contributed by atoms with E-state index in [4.69, 9.17) is 18.3 Å². The van der Waals surface area contributed by atoms with Crippen molar-refractivity contribution in [3.63, 3.8) is 0 Å². The summed E-state index contributed by atoms with van der Waals surface area (Å²) in [6, 6.07) is 11.2. The highest BCUT2D eigenvalue weighted by atomic mass is 16.5. The molecule has 0 amide bonds. The van der Waals surface area contributed by atoms with Gasteiger partial charge in [0.15, 0.2) is 11.5 Å². The summed E-state index contributed by atoms with van der Waals surface area (Å²) >= 11 is 0. The zero-order valence-corrected chi connectivity index (χ0v) is 19.5. The highest BCUT2D eigenvalue weighted by Gasteiger charge is 2.38. The summed E-state index contributed by atoms with van der Waals surface area (Å²) in [5.74, 6) is -2.11. The van der Waals surface area contributed by atoms with Crippen LogP contribution < -0.4 is 10.4 Å². The molecule has 182 valence electrons. The maximum Gasteiger partial charge on any atom is 0.337 e. The van der Waals surface area contributed by atoms with Crippen molar-refractivity contribution in [2.45, 2.75) is 26.2 Å². The Morgan fingerprint density at radius 3 is 2.44 bits per heavy atom. The molecule has 36 heavy (non-hydrogen) atoms. The van der Waals surface area contributed by atoms with E-state index in [1.54, 1.807) is 43.3 Å². The number of rotatable bonds is 4. The van der Waals surface area contributed by atoms with Gasteiger partial charge in [-0.25, -0.2) is 9.59 Å². The fourth-order valence-electron chi connectivity index (χ4n) is 4.56. The molecule has 4 aromatic rings. The van der Waals surface area contributed by atoms with Crippen molar-refractivity contribution in [2.75, 3.05) is 7.11 Å². The van der Waals surface area contributed by atoms with Crippen LogP contribution in [0, 0.1) is 6.92 Å². The molecular weight excluding hydrogens is 468 g/mol. The van der Waals surface area contributed by atoms with Gasteiger partial charge in [0.05, 0.1) is 36.0 Å². The predicted molar refractivity (Wildman–Crippen MR) is 126 cm³/mol. The third kappa shape index (κ3) is 3.65. The quantitative estimate of drug-likeness (QED) is 0.191. The Labute approximate surface area is 203 Å². The van der Waals surface area contributed by atoms with E-state index in [-0.39, 0.29) is 34.3 Å². The number of fused-ring (bicyclic) bond motifs is 3. The van der Waals surface area contributed by atoms with Crippen LogP contribution >= 0.6 is 0 Å². The largest absolute Gasteiger partial charge is 0.506 e. The van der Waals surface area contributed by atoms with Gasteiger partial charge in [-0.2, -0.15) is 0 Å². The lowest BCUT2D eigenvalue weighted by molar-refractivity contribution is -0.135. The second-order valence-electron chi connectivity index (χ2n) is 8.48. The summed E-state index contributed by atoms with van der Waals surface area (Å²) in [7, 11) is 1.30. The molecule has 1 aliphatic heterocycles. The van der Waals surface area contributed by atoms with Crippen LogP contribution in [0.4, 0.5) is 0 Å². The number of hydrogen-bond acceptors (Lipinski definition) is 9. The molecule has 0 bridgehead atoms. The lowest BCUT2D eigenvalue weighted by Gasteiger charge is -2.26. The molecule has 0 radical (unpaired) electrons. The number of aryl methyl sites for hydroxylation is 1. The van der Waals surface area contributed by atoms with Crippen molar-refractivity contribution in [1.82, 2.24) is 0 Å². The van der Waals surface area contributed by atoms with Crippen LogP contribution in [-0.2, 0) is 9.53 Å². The number of furan rings is 1. The third-order valence-electron chi connectivity index (χ3n) is 6.20. The number of carbonyl (C=O) groups excluding carboxylic acids is 3. The Morgan fingerprint density at radius 1 is 1.06 bits per heavy atom. The van der Waals surface area contributed by atoms with Gasteiger partial charge in [0.2, 0.25) is 0 Å². The maximum atomic E-state index is 12.6. The number of phenolic OH excluding ortho intramolecular Hbond substituents is 1. The summed E-state index contributed by atoms with van der Waals surface area (Å²) in [5.41, 5.74) is 0.938. The standard InChI is InChI=1S/C27H20O9/c1-12-10-19(29)35-25-21(12)24(31)22(13(2)28)26-23(25)16(11-20(30)36-26)18-9-8-17(34-18)14-4-6-15(7-5-14)27(32)33-3/h4-10,16,31H,11H2,1-3H3/t16-/m0/s1. The topological polar surface area (TPSA) is 133 Å². The lowest BCUT2D eigenvalue weighted by atomic mass is 9.85. The average molecular weight is 488 g/mol. The van der Waals surface area contributed by atoms with E-state index in [1.165, 1.54) is 20.1 Å². The zero-order chi connectivity index (χ0) is 25.7. The Bertz CT molecular complexity index is 1620. The summed E-state index contributed by atoms with van der Waals surface area (Å²) in [6.45, 7) is 2.86. The molecule has 1 N–H and O–H groups in total. The molecule has 0 saturated heterocycles. The minimum atomic E-state index is -0.754. The highest BCUT2D eigenvalue weighted by molar-refractivity contribution is 6.09. The summed E-state index contributed by atoms with van der Waals surface area (Å²) in [4.78, 5) is 49.0. The van der Waals surface area contributed by atoms with Crippen molar-refractivity contribution in [3.05, 3.63) is 80.9 Å². The number of ketones is 1. The number of benzene rings is 2. The Hall–Kier alpha value is -4.66. The smallest absolute Gasteiger partial charge is 0.337 e. The normalized spacial score (nSPS) is 14.9. The van der Waals surface area contributed by atoms with Crippen LogP contribution in [0.5, 0.6) is 11.5 Å². The number of Topliss-reactive ketones (excluding diaryl/α,β-unsaturated/α-hetero) is 1. The van der Waals surface area contributed by atoms with Crippen molar-refractivity contribution < 1.29 is 37.8 Å². The van der Waals surface area contributed by atoms with Gasteiger partial charge in [-0.15, -0.1) is 0 Å². The first-order valence-electron chi connectivity index (χ1n) is 11.0. The first-order chi connectivity index (χ1) is 17.2. The molecule has 9 heteroatoms. The van der Waals surface area contributed by atoms with E-state index in [9.17, 15) is 24.3 Å². The van der Waals surface area contributed by atoms with Crippen LogP contribution in [-0.4, -0.2) is 29.9 Å². The van der Waals surface area contributed by atoms with Crippen molar-refractivity contribution in [1.29, 1.82) is 0 Å². The molecule has 2 aromatic heterocycles. The lowest BCUT2D eigenvalue weighted by Crippen LogP contribution is -2.23. The maximum absolute atomic E-state index is 12.6. The van der Waals surface area contributed by atoms with Crippen LogP contribution in [0.25, 0.3) is 22.3 Å². The van der Waals surface area contributed by atoms with Gasteiger partial charge in [-0.1, -0.05) is 12.1 Å². The Kier molecular flexibility index (Phi) is 5.47. The molecule has 2 aromatic carbocycles. The van der Waals surface area contributed by atoms with Gasteiger partial charge in [0.1, 0.15) is 28.4 Å². The van der Waals surface area contributed by atoms with Gasteiger partial charge in [-0.05, 0) is 43.7 Å². The van der Waals surface area contributed by atoms with Crippen molar-refractivity contribution in [3.8, 4) is 22.8 Å². The van der Waals surface area contributed by atoms with E-state index in [0.29, 0.717) is 28.2 Å². The number of esters is 2.